The predicted molar refractivity (Wildman–Crippen MR) is 100.0 cm³/mol. The standard InChI is InChI=1S/C17H15BrN4O4/c1-9-6-11(18)8-21-15(10(2)19-16(9)21)17(23)20-12-4-5-14(26-3)13(7-12)22(24)25/h4-8H,1-3H3,(H,20,23). The van der Waals surface area contributed by atoms with Crippen LogP contribution in [-0.4, -0.2) is 27.3 Å². The average Bonchev–Trinajstić information content (AvgIpc) is 2.91. The Morgan fingerprint density at radius 1 is 1.35 bits per heavy atom. The number of imidazole rings is 1. The fourth-order valence-electron chi connectivity index (χ4n) is 2.76. The third kappa shape index (κ3) is 3.13. The maximum atomic E-state index is 12.8. The largest absolute Gasteiger partial charge is 0.490 e. The van der Waals surface area contributed by atoms with Gasteiger partial charge in [0.15, 0.2) is 5.75 Å². The summed E-state index contributed by atoms with van der Waals surface area (Å²) in [5.74, 6) is -0.287. The van der Waals surface area contributed by atoms with Gasteiger partial charge in [0.05, 0.1) is 17.7 Å². The number of nitro groups is 1. The minimum atomic E-state index is -0.561. The van der Waals surface area contributed by atoms with E-state index in [0.717, 1.165) is 10.0 Å². The van der Waals surface area contributed by atoms with Crippen molar-refractivity contribution in [1.29, 1.82) is 0 Å². The second kappa shape index (κ2) is 6.75. The van der Waals surface area contributed by atoms with Gasteiger partial charge in [0, 0.05) is 22.4 Å². The van der Waals surface area contributed by atoms with Gasteiger partial charge in [-0.1, -0.05) is 0 Å². The van der Waals surface area contributed by atoms with Crippen molar-refractivity contribution >= 4 is 38.9 Å². The lowest BCUT2D eigenvalue weighted by Crippen LogP contribution is -2.16. The minimum Gasteiger partial charge on any atom is -0.490 e. The molecule has 3 aromatic rings. The summed E-state index contributed by atoms with van der Waals surface area (Å²) in [4.78, 5) is 27.8. The first-order valence-electron chi connectivity index (χ1n) is 7.60. The monoisotopic (exact) mass is 418 g/mol. The van der Waals surface area contributed by atoms with E-state index in [-0.39, 0.29) is 11.4 Å². The number of methoxy groups -OCH3 is 1. The summed E-state index contributed by atoms with van der Waals surface area (Å²) in [6.45, 7) is 3.65. The minimum absolute atomic E-state index is 0.124. The van der Waals surface area contributed by atoms with E-state index in [1.54, 1.807) is 23.6 Å². The lowest BCUT2D eigenvalue weighted by atomic mass is 10.2. The number of ether oxygens (including phenoxy) is 1. The third-order valence-corrected chi connectivity index (χ3v) is 4.33. The van der Waals surface area contributed by atoms with E-state index in [1.807, 2.05) is 13.0 Å². The second-order valence-corrected chi connectivity index (χ2v) is 6.59. The Labute approximate surface area is 157 Å². The molecule has 0 aliphatic rings. The molecule has 8 nitrogen and oxygen atoms in total. The van der Waals surface area contributed by atoms with Crippen LogP contribution in [0.25, 0.3) is 5.65 Å². The SMILES string of the molecule is COc1ccc(NC(=O)c2c(C)nc3c(C)cc(Br)cn23)cc1[N+](=O)[O-]. The maximum absolute atomic E-state index is 12.8. The van der Waals surface area contributed by atoms with E-state index in [1.165, 1.54) is 19.2 Å². The van der Waals surface area contributed by atoms with Gasteiger partial charge in [0.2, 0.25) is 0 Å². The van der Waals surface area contributed by atoms with Crippen molar-refractivity contribution in [3.8, 4) is 5.75 Å². The lowest BCUT2D eigenvalue weighted by Gasteiger charge is -2.08. The Hall–Kier alpha value is -2.94. The Bertz CT molecular complexity index is 1040. The van der Waals surface area contributed by atoms with Crippen LogP contribution in [0, 0.1) is 24.0 Å². The van der Waals surface area contributed by atoms with Crippen LogP contribution in [0.4, 0.5) is 11.4 Å². The normalized spacial score (nSPS) is 10.8. The molecule has 0 unspecified atom stereocenters. The average molecular weight is 419 g/mol. The maximum Gasteiger partial charge on any atom is 0.312 e. The van der Waals surface area contributed by atoms with Gasteiger partial charge in [-0.25, -0.2) is 4.98 Å². The van der Waals surface area contributed by atoms with Crippen molar-refractivity contribution < 1.29 is 14.5 Å². The Kier molecular flexibility index (Phi) is 4.64. The molecule has 0 bridgehead atoms. The van der Waals surface area contributed by atoms with Crippen molar-refractivity contribution in [3.63, 3.8) is 0 Å². The second-order valence-electron chi connectivity index (χ2n) is 5.68. The highest BCUT2D eigenvalue weighted by molar-refractivity contribution is 9.10. The van der Waals surface area contributed by atoms with Crippen molar-refractivity contribution in [2.45, 2.75) is 13.8 Å². The van der Waals surface area contributed by atoms with Crippen molar-refractivity contribution in [2.75, 3.05) is 12.4 Å². The number of hydrogen-bond acceptors (Lipinski definition) is 5. The highest BCUT2D eigenvalue weighted by Crippen LogP contribution is 2.30. The third-order valence-electron chi connectivity index (χ3n) is 3.89. The summed E-state index contributed by atoms with van der Waals surface area (Å²) >= 11 is 3.41. The molecule has 26 heavy (non-hydrogen) atoms. The highest BCUT2D eigenvalue weighted by atomic mass is 79.9. The number of nitrogens with one attached hydrogen (secondary N) is 1. The van der Waals surface area contributed by atoms with Crippen LogP contribution < -0.4 is 10.1 Å². The van der Waals surface area contributed by atoms with Gasteiger partial charge in [-0.2, -0.15) is 0 Å². The van der Waals surface area contributed by atoms with Gasteiger partial charge >= 0.3 is 5.69 Å². The smallest absolute Gasteiger partial charge is 0.312 e. The molecule has 0 radical (unpaired) electrons. The van der Waals surface area contributed by atoms with Gasteiger partial charge in [-0.15, -0.1) is 0 Å². The Balaban J connectivity index is 2.01. The van der Waals surface area contributed by atoms with Gasteiger partial charge in [0.1, 0.15) is 11.3 Å². The molecule has 0 spiro atoms. The van der Waals surface area contributed by atoms with E-state index in [9.17, 15) is 14.9 Å². The molecule has 2 heterocycles. The van der Waals surface area contributed by atoms with Crippen LogP contribution in [-0.2, 0) is 0 Å². The predicted octanol–water partition coefficient (Wildman–Crippen LogP) is 3.88. The number of amides is 1. The quantitative estimate of drug-likeness (QED) is 0.511. The van der Waals surface area contributed by atoms with Gasteiger partial charge in [-0.05, 0) is 53.5 Å². The summed E-state index contributed by atoms with van der Waals surface area (Å²) in [7, 11) is 1.35. The zero-order valence-corrected chi connectivity index (χ0v) is 15.8. The molecule has 3 rings (SSSR count). The first-order valence-corrected chi connectivity index (χ1v) is 8.39. The Morgan fingerprint density at radius 3 is 2.73 bits per heavy atom. The molecular weight excluding hydrogens is 404 g/mol. The zero-order chi connectivity index (χ0) is 19.0. The number of nitro benzene ring substituents is 1. The molecule has 0 fully saturated rings. The highest BCUT2D eigenvalue weighted by Gasteiger charge is 2.20. The number of fused-ring (bicyclic) bond motifs is 1. The van der Waals surface area contributed by atoms with Crippen LogP contribution in [0.3, 0.4) is 0 Å². The number of nitrogens with zero attached hydrogens (tertiary/aromatic N) is 3. The number of halogens is 1. The summed E-state index contributed by atoms with van der Waals surface area (Å²) in [6.07, 6.45) is 1.76. The fraction of sp³-hybridized carbons (Fsp3) is 0.176. The summed E-state index contributed by atoms with van der Waals surface area (Å²) in [5, 5.41) is 13.8. The molecule has 134 valence electrons. The summed E-state index contributed by atoms with van der Waals surface area (Å²) in [6, 6.07) is 6.16. The van der Waals surface area contributed by atoms with E-state index >= 15 is 0 Å². The molecule has 1 aromatic carbocycles. The van der Waals surface area contributed by atoms with Gasteiger partial charge < -0.3 is 10.1 Å². The van der Waals surface area contributed by atoms with Crippen LogP contribution in [0.15, 0.2) is 34.9 Å². The molecule has 1 N–H and O–H groups in total. The zero-order valence-electron chi connectivity index (χ0n) is 14.2. The number of pyridine rings is 1. The number of aryl methyl sites for hydroxylation is 2. The van der Waals surface area contributed by atoms with Crippen molar-refractivity contribution in [3.05, 3.63) is 62.0 Å². The molecule has 0 atom stereocenters. The molecule has 2 aromatic heterocycles. The van der Waals surface area contributed by atoms with E-state index < -0.39 is 10.8 Å². The van der Waals surface area contributed by atoms with Crippen LogP contribution in [0.5, 0.6) is 5.75 Å². The van der Waals surface area contributed by atoms with Gasteiger partial charge in [0.25, 0.3) is 5.91 Å². The van der Waals surface area contributed by atoms with Crippen molar-refractivity contribution in [2.24, 2.45) is 0 Å². The number of rotatable bonds is 4. The number of anilines is 1. The number of aromatic nitrogens is 2. The van der Waals surface area contributed by atoms with E-state index in [4.69, 9.17) is 4.74 Å². The van der Waals surface area contributed by atoms with E-state index in [2.05, 4.69) is 26.2 Å². The number of benzene rings is 1. The first kappa shape index (κ1) is 17.9. The molecule has 0 aliphatic heterocycles. The number of carbonyl (C=O) groups excluding carboxylic acids is 1. The van der Waals surface area contributed by atoms with Crippen molar-refractivity contribution in [1.82, 2.24) is 9.38 Å². The van der Waals surface area contributed by atoms with Crippen LogP contribution in [0.2, 0.25) is 0 Å². The topological polar surface area (TPSA) is 98.8 Å². The number of hydrogen-bond donors (Lipinski definition) is 1. The lowest BCUT2D eigenvalue weighted by molar-refractivity contribution is -0.385. The molecule has 1 amide bonds. The molecular formula is C17H15BrN4O4. The van der Waals surface area contributed by atoms with Crippen LogP contribution >= 0.6 is 15.9 Å². The fourth-order valence-corrected chi connectivity index (χ4v) is 3.30. The molecule has 0 aliphatic carbocycles. The summed E-state index contributed by atoms with van der Waals surface area (Å²) < 4.78 is 7.48. The summed E-state index contributed by atoms with van der Waals surface area (Å²) in [5.41, 5.74) is 2.59. The first-order chi connectivity index (χ1) is 12.3. The molecule has 9 heteroatoms. The molecule has 0 saturated carbocycles. The van der Waals surface area contributed by atoms with Crippen LogP contribution in [0.1, 0.15) is 21.7 Å². The molecule has 0 saturated heterocycles. The number of carbonyl (C=O) groups is 1. The Morgan fingerprint density at radius 2 is 2.08 bits per heavy atom. The van der Waals surface area contributed by atoms with Gasteiger partial charge in [-0.3, -0.25) is 19.3 Å². The van der Waals surface area contributed by atoms with E-state index in [0.29, 0.717) is 22.7 Å².